The van der Waals surface area contributed by atoms with Crippen LogP contribution in [0.5, 0.6) is 0 Å². The van der Waals surface area contributed by atoms with Crippen LogP contribution in [0.4, 0.5) is 0 Å². The Hall–Kier alpha value is -3.21. The Kier molecular flexibility index (Phi) is 7.94. The van der Waals surface area contributed by atoms with E-state index >= 15 is 0 Å². The molecule has 0 fully saturated rings. The fourth-order valence-corrected chi connectivity index (χ4v) is 11.3. The molecule has 0 atom stereocenters. The van der Waals surface area contributed by atoms with Gasteiger partial charge in [0.05, 0.1) is 0 Å². The summed E-state index contributed by atoms with van der Waals surface area (Å²) in [7, 11) is -5.72. The summed E-state index contributed by atoms with van der Waals surface area (Å²) in [6, 6.07) is 42.0. The fraction of sp³-hybridized carbons (Fsp3) is 0.133. The van der Waals surface area contributed by atoms with E-state index in [9.17, 15) is 0 Å². The van der Waals surface area contributed by atoms with E-state index in [4.69, 9.17) is 8.85 Å². The van der Waals surface area contributed by atoms with E-state index in [0.29, 0.717) is 13.2 Å². The van der Waals surface area contributed by atoms with Crippen LogP contribution in [-0.4, -0.2) is 29.8 Å². The van der Waals surface area contributed by atoms with E-state index in [1.165, 1.54) is 0 Å². The van der Waals surface area contributed by atoms with Crippen LogP contribution in [0, 0.1) is 11.1 Å². The molecule has 0 aliphatic heterocycles. The van der Waals surface area contributed by atoms with E-state index in [2.05, 4.69) is 122 Å². The Balaban J connectivity index is 2.02. The van der Waals surface area contributed by atoms with Gasteiger partial charge in [0.1, 0.15) is 0 Å². The van der Waals surface area contributed by atoms with Crippen molar-refractivity contribution >= 4 is 37.4 Å². The summed E-state index contributed by atoms with van der Waals surface area (Å²) >= 11 is 0. The van der Waals surface area contributed by atoms with Crippen LogP contribution in [0.3, 0.4) is 0 Å². The van der Waals surface area contributed by atoms with Crippen molar-refractivity contribution in [2.24, 2.45) is 0 Å². The van der Waals surface area contributed by atoms with Crippen molar-refractivity contribution in [3.05, 3.63) is 121 Å². The van der Waals surface area contributed by atoms with Crippen molar-refractivity contribution < 1.29 is 8.85 Å². The number of rotatable bonds is 8. The molecule has 4 aromatic carbocycles. The molecule has 4 heteroatoms. The van der Waals surface area contributed by atoms with Gasteiger partial charge in [-0.15, -0.1) is 0 Å². The Morgan fingerprint density at radius 3 is 0.882 bits per heavy atom. The van der Waals surface area contributed by atoms with Gasteiger partial charge in [0, 0.05) is 13.2 Å². The lowest BCUT2D eigenvalue weighted by Crippen LogP contribution is -2.63. The molecule has 2 nitrogen and oxygen atoms in total. The van der Waals surface area contributed by atoms with Crippen LogP contribution in [0.2, 0.25) is 0 Å². The minimum Gasteiger partial charge on any atom is -0.399 e. The molecular weight excluding hydrogens is 449 g/mol. The Morgan fingerprint density at radius 2 is 0.676 bits per heavy atom. The first kappa shape index (κ1) is 23.9. The van der Waals surface area contributed by atoms with E-state index in [1.807, 2.05) is 24.3 Å². The summed E-state index contributed by atoms with van der Waals surface area (Å²) in [5.74, 6) is 0. The molecule has 170 valence electrons. The molecule has 0 saturated carbocycles. The van der Waals surface area contributed by atoms with Crippen molar-refractivity contribution in [3.8, 4) is 11.1 Å². The molecule has 0 aliphatic carbocycles. The van der Waals surface area contributed by atoms with Crippen LogP contribution < -0.4 is 20.7 Å². The lowest BCUT2D eigenvalue weighted by molar-refractivity contribution is 0.346. The van der Waals surface area contributed by atoms with Crippen molar-refractivity contribution in [2.45, 2.75) is 13.8 Å². The standard InChI is InChI=1S/C30H30O2Si2/c1-3-31-33(27-17-9-5-10-18-27,28-19-11-6-12-20-28)25-26-34(32-4-2,29-21-13-7-14-22-29)30-23-15-8-16-24-30/h5-24H,3-4H2,1-2H3. The lowest BCUT2D eigenvalue weighted by atomic mass is 10.4. The van der Waals surface area contributed by atoms with Crippen LogP contribution in [0.1, 0.15) is 13.8 Å². The zero-order valence-electron chi connectivity index (χ0n) is 19.8. The lowest BCUT2D eigenvalue weighted by Gasteiger charge is -2.30. The van der Waals surface area contributed by atoms with Crippen LogP contribution in [0.15, 0.2) is 121 Å². The summed E-state index contributed by atoms with van der Waals surface area (Å²) < 4.78 is 13.4. The molecule has 0 aromatic heterocycles. The topological polar surface area (TPSA) is 18.5 Å². The van der Waals surface area contributed by atoms with E-state index in [0.717, 1.165) is 20.7 Å². The third-order valence-electron chi connectivity index (χ3n) is 5.86. The molecule has 0 aliphatic rings. The molecule has 4 aromatic rings. The quantitative estimate of drug-likeness (QED) is 0.284. The Bertz CT molecular complexity index is 1040. The van der Waals surface area contributed by atoms with Gasteiger partial charge < -0.3 is 8.85 Å². The van der Waals surface area contributed by atoms with Crippen molar-refractivity contribution in [1.82, 2.24) is 0 Å². The first-order valence-corrected chi connectivity index (χ1v) is 15.6. The van der Waals surface area contributed by atoms with Crippen LogP contribution >= 0.6 is 0 Å². The maximum Gasteiger partial charge on any atom is 0.336 e. The average molecular weight is 479 g/mol. The molecule has 0 heterocycles. The monoisotopic (exact) mass is 478 g/mol. The van der Waals surface area contributed by atoms with Gasteiger partial charge in [-0.2, -0.15) is 0 Å². The maximum atomic E-state index is 6.68. The van der Waals surface area contributed by atoms with Gasteiger partial charge in [-0.1, -0.05) is 132 Å². The smallest absolute Gasteiger partial charge is 0.336 e. The van der Waals surface area contributed by atoms with E-state index < -0.39 is 16.6 Å². The third kappa shape index (κ3) is 4.84. The minimum atomic E-state index is -2.86. The summed E-state index contributed by atoms with van der Waals surface area (Å²) in [6.45, 7) is 5.28. The first-order valence-electron chi connectivity index (χ1n) is 11.8. The largest absolute Gasteiger partial charge is 0.399 e. The molecule has 0 bridgehead atoms. The van der Waals surface area contributed by atoms with Gasteiger partial charge in [-0.25, -0.2) is 0 Å². The van der Waals surface area contributed by atoms with Crippen molar-refractivity contribution in [1.29, 1.82) is 0 Å². The molecule has 0 amide bonds. The van der Waals surface area contributed by atoms with Crippen molar-refractivity contribution in [3.63, 3.8) is 0 Å². The zero-order chi connectivity index (χ0) is 23.7. The van der Waals surface area contributed by atoms with Gasteiger partial charge in [0.25, 0.3) is 0 Å². The van der Waals surface area contributed by atoms with Gasteiger partial charge in [-0.05, 0) is 34.6 Å². The van der Waals surface area contributed by atoms with Gasteiger partial charge >= 0.3 is 16.6 Å². The van der Waals surface area contributed by atoms with E-state index in [1.54, 1.807) is 0 Å². The van der Waals surface area contributed by atoms with E-state index in [-0.39, 0.29) is 0 Å². The SMILES string of the molecule is CCO[Si](C#C[Si](OCC)(c1ccccc1)c1ccccc1)(c1ccccc1)c1ccccc1. The fourth-order valence-electron chi connectivity index (χ4n) is 4.33. The Morgan fingerprint density at radius 1 is 0.441 bits per heavy atom. The average Bonchev–Trinajstić information content (AvgIpc) is 2.92. The highest BCUT2D eigenvalue weighted by atomic mass is 28.4. The highest BCUT2D eigenvalue weighted by Gasteiger charge is 2.42. The third-order valence-corrected chi connectivity index (χ3v) is 13.1. The molecule has 0 saturated heterocycles. The van der Waals surface area contributed by atoms with Gasteiger partial charge in [0.15, 0.2) is 0 Å². The molecule has 34 heavy (non-hydrogen) atoms. The highest BCUT2D eigenvalue weighted by molar-refractivity contribution is 7.08. The number of hydrogen-bond donors (Lipinski definition) is 0. The predicted molar refractivity (Wildman–Crippen MR) is 147 cm³/mol. The second-order valence-corrected chi connectivity index (χ2v) is 14.1. The van der Waals surface area contributed by atoms with Crippen molar-refractivity contribution in [2.75, 3.05) is 13.2 Å². The Labute approximate surface area is 205 Å². The van der Waals surface area contributed by atoms with Crippen LogP contribution in [-0.2, 0) is 8.85 Å². The molecule has 0 radical (unpaired) electrons. The maximum absolute atomic E-state index is 6.68. The first-order chi connectivity index (χ1) is 16.7. The number of hydrogen-bond acceptors (Lipinski definition) is 2. The van der Waals surface area contributed by atoms with Crippen LogP contribution in [0.25, 0.3) is 0 Å². The highest BCUT2D eigenvalue weighted by Crippen LogP contribution is 2.12. The van der Waals surface area contributed by atoms with Gasteiger partial charge in [-0.3, -0.25) is 0 Å². The summed E-state index contributed by atoms with van der Waals surface area (Å²) in [5.41, 5.74) is 7.59. The molecule has 0 spiro atoms. The normalized spacial score (nSPS) is 11.5. The zero-order valence-corrected chi connectivity index (χ0v) is 21.8. The van der Waals surface area contributed by atoms with Gasteiger partial charge in [0.2, 0.25) is 0 Å². The summed E-state index contributed by atoms with van der Waals surface area (Å²) in [4.78, 5) is 0. The molecular formula is C30H30O2Si2. The summed E-state index contributed by atoms with van der Waals surface area (Å²) in [6.07, 6.45) is 0. The predicted octanol–water partition coefficient (Wildman–Crippen LogP) is 3.66. The molecule has 0 N–H and O–H groups in total. The second kappa shape index (κ2) is 11.3. The number of benzene rings is 4. The summed E-state index contributed by atoms with van der Waals surface area (Å²) in [5, 5.41) is 4.60. The molecule has 4 rings (SSSR count). The molecule has 0 unspecified atom stereocenters. The minimum absolute atomic E-state index is 0.588. The second-order valence-electron chi connectivity index (χ2n) is 7.94.